The van der Waals surface area contributed by atoms with Gasteiger partial charge in [0.2, 0.25) is 11.7 Å². The molecule has 0 saturated carbocycles. The number of carbonyl (C=O) groups is 1. The SMILES string of the molecule is CC(=O)Nc1cc(Nc2cc(C)nc(C(C)(F)F)n2)c(-n2ccc(C)n2)cn1. The van der Waals surface area contributed by atoms with Crippen LogP contribution < -0.4 is 10.6 Å². The third-order valence-corrected chi connectivity index (χ3v) is 3.67. The molecule has 2 N–H and O–H groups in total. The van der Waals surface area contributed by atoms with Crippen LogP contribution in [0.1, 0.15) is 31.1 Å². The second-order valence-electron chi connectivity index (χ2n) is 6.40. The van der Waals surface area contributed by atoms with E-state index < -0.39 is 11.7 Å². The number of nitrogens with zero attached hydrogens (tertiary/aromatic N) is 5. The van der Waals surface area contributed by atoms with Crippen molar-refractivity contribution in [2.45, 2.75) is 33.6 Å². The number of carbonyl (C=O) groups excluding carboxylic acids is 1. The Labute approximate surface area is 160 Å². The van der Waals surface area contributed by atoms with Gasteiger partial charge >= 0.3 is 5.92 Å². The van der Waals surface area contributed by atoms with E-state index >= 15 is 0 Å². The highest BCUT2D eigenvalue weighted by atomic mass is 19.3. The van der Waals surface area contributed by atoms with Crippen molar-refractivity contribution >= 4 is 23.2 Å². The number of pyridine rings is 1. The van der Waals surface area contributed by atoms with Gasteiger partial charge in [0.15, 0.2) is 0 Å². The van der Waals surface area contributed by atoms with Crippen LogP contribution in [0.2, 0.25) is 0 Å². The van der Waals surface area contributed by atoms with E-state index in [1.807, 2.05) is 13.0 Å². The smallest absolute Gasteiger partial charge is 0.303 e. The maximum atomic E-state index is 13.7. The molecule has 8 nitrogen and oxygen atoms in total. The highest BCUT2D eigenvalue weighted by molar-refractivity contribution is 5.88. The normalized spacial score (nSPS) is 11.4. The molecular formula is C18H19F2N7O. The summed E-state index contributed by atoms with van der Waals surface area (Å²) >= 11 is 0. The van der Waals surface area contributed by atoms with E-state index in [-0.39, 0.29) is 11.7 Å². The summed E-state index contributed by atoms with van der Waals surface area (Å²) in [4.78, 5) is 23.3. The minimum atomic E-state index is -3.18. The molecule has 0 bridgehead atoms. The average Bonchev–Trinajstić information content (AvgIpc) is 2.99. The number of anilines is 3. The summed E-state index contributed by atoms with van der Waals surface area (Å²) in [7, 11) is 0. The fourth-order valence-corrected chi connectivity index (χ4v) is 2.50. The Balaban J connectivity index is 2.06. The molecule has 0 spiro atoms. The van der Waals surface area contributed by atoms with Gasteiger partial charge in [-0.05, 0) is 19.9 Å². The van der Waals surface area contributed by atoms with Gasteiger partial charge in [-0.3, -0.25) is 4.79 Å². The molecule has 28 heavy (non-hydrogen) atoms. The first kappa shape index (κ1) is 19.3. The van der Waals surface area contributed by atoms with Gasteiger partial charge in [0.1, 0.15) is 17.3 Å². The minimum Gasteiger partial charge on any atom is -0.338 e. The van der Waals surface area contributed by atoms with Gasteiger partial charge in [0.05, 0.1) is 17.6 Å². The van der Waals surface area contributed by atoms with E-state index in [4.69, 9.17) is 0 Å². The van der Waals surface area contributed by atoms with Gasteiger partial charge < -0.3 is 10.6 Å². The minimum absolute atomic E-state index is 0.189. The third-order valence-electron chi connectivity index (χ3n) is 3.67. The van der Waals surface area contributed by atoms with Crippen molar-refractivity contribution in [3.63, 3.8) is 0 Å². The van der Waals surface area contributed by atoms with E-state index in [0.717, 1.165) is 12.6 Å². The number of hydrogen-bond donors (Lipinski definition) is 2. The lowest BCUT2D eigenvalue weighted by atomic mass is 10.3. The molecule has 0 aliphatic heterocycles. The molecule has 0 atom stereocenters. The lowest BCUT2D eigenvalue weighted by Crippen LogP contribution is -2.15. The summed E-state index contributed by atoms with van der Waals surface area (Å²) < 4.78 is 29.0. The number of aryl methyl sites for hydroxylation is 2. The largest absolute Gasteiger partial charge is 0.338 e. The van der Waals surface area contributed by atoms with Crippen molar-refractivity contribution < 1.29 is 13.6 Å². The summed E-state index contributed by atoms with van der Waals surface area (Å²) in [6.07, 6.45) is 3.26. The Morgan fingerprint density at radius 2 is 1.89 bits per heavy atom. The first-order chi connectivity index (χ1) is 13.1. The predicted octanol–water partition coefficient (Wildman–Crippen LogP) is 3.49. The summed E-state index contributed by atoms with van der Waals surface area (Å²) in [6, 6.07) is 4.94. The number of rotatable bonds is 5. The molecule has 3 heterocycles. The van der Waals surface area contributed by atoms with E-state index in [9.17, 15) is 13.6 Å². The lowest BCUT2D eigenvalue weighted by molar-refractivity contribution is -0.114. The quantitative estimate of drug-likeness (QED) is 0.696. The maximum Gasteiger partial charge on any atom is 0.303 e. The molecule has 0 aliphatic rings. The molecule has 3 rings (SSSR count). The van der Waals surface area contributed by atoms with Crippen LogP contribution in [0.5, 0.6) is 0 Å². The summed E-state index contributed by atoms with van der Waals surface area (Å²) in [5, 5.41) is 9.94. The number of amides is 1. The lowest BCUT2D eigenvalue weighted by Gasteiger charge is -2.15. The van der Waals surface area contributed by atoms with Crippen molar-refractivity contribution in [1.82, 2.24) is 24.7 Å². The van der Waals surface area contributed by atoms with Crippen LogP contribution in [0.15, 0.2) is 30.6 Å². The Morgan fingerprint density at radius 1 is 1.14 bits per heavy atom. The van der Waals surface area contributed by atoms with Gasteiger partial charge in [0, 0.05) is 37.9 Å². The topological polar surface area (TPSA) is 97.6 Å². The molecule has 0 fully saturated rings. The molecule has 1 amide bonds. The molecule has 0 radical (unpaired) electrons. The summed E-state index contributed by atoms with van der Waals surface area (Å²) in [5.74, 6) is -3.55. The van der Waals surface area contributed by atoms with Gasteiger partial charge in [-0.1, -0.05) is 0 Å². The van der Waals surface area contributed by atoms with E-state index in [1.54, 1.807) is 29.9 Å². The van der Waals surface area contributed by atoms with E-state index in [0.29, 0.717) is 22.9 Å². The predicted molar refractivity (Wildman–Crippen MR) is 100 cm³/mol. The second kappa shape index (κ2) is 7.29. The molecule has 3 aromatic rings. The molecule has 3 aromatic heterocycles. The number of nitrogens with one attached hydrogen (secondary N) is 2. The molecule has 0 saturated heterocycles. The van der Waals surface area contributed by atoms with E-state index in [1.165, 1.54) is 13.1 Å². The molecule has 0 aliphatic carbocycles. The zero-order valence-corrected chi connectivity index (χ0v) is 15.8. The second-order valence-corrected chi connectivity index (χ2v) is 6.40. The van der Waals surface area contributed by atoms with Crippen LogP contribution in [-0.2, 0) is 10.7 Å². The fraction of sp³-hybridized carbons (Fsp3) is 0.278. The summed E-state index contributed by atoms with van der Waals surface area (Å²) in [6.45, 7) is 5.55. The molecular weight excluding hydrogens is 368 g/mol. The monoisotopic (exact) mass is 387 g/mol. The fourth-order valence-electron chi connectivity index (χ4n) is 2.50. The number of alkyl halides is 2. The average molecular weight is 387 g/mol. The Hall–Kier alpha value is -3.43. The van der Waals surface area contributed by atoms with Crippen molar-refractivity contribution in [1.29, 1.82) is 0 Å². The van der Waals surface area contributed by atoms with Crippen LogP contribution in [0.25, 0.3) is 5.69 Å². The van der Waals surface area contributed by atoms with Gasteiger partial charge in [-0.25, -0.2) is 19.6 Å². The standard InChI is InChI=1S/C18H19F2N7O/c1-10-5-6-27(26-10)14-9-21-15(23-12(3)28)8-13(14)24-16-7-11(2)22-17(25-16)18(4,19)20/h5-9H,1-4H3,(H2,21,22,23,24,25,28). The van der Waals surface area contributed by atoms with Gasteiger partial charge in [-0.2, -0.15) is 13.9 Å². The van der Waals surface area contributed by atoms with Crippen LogP contribution >= 0.6 is 0 Å². The summed E-state index contributed by atoms with van der Waals surface area (Å²) in [5.41, 5.74) is 2.22. The van der Waals surface area contributed by atoms with Gasteiger partial charge in [-0.15, -0.1) is 0 Å². The number of hydrogen-bond acceptors (Lipinski definition) is 6. The molecule has 146 valence electrons. The van der Waals surface area contributed by atoms with Crippen molar-refractivity contribution in [3.05, 3.63) is 47.8 Å². The van der Waals surface area contributed by atoms with Crippen molar-refractivity contribution in [2.24, 2.45) is 0 Å². The van der Waals surface area contributed by atoms with Crippen molar-refractivity contribution in [2.75, 3.05) is 10.6 Å². The van der Waals surface area contributed by atoms with Gasteiger partial charge in [0.25, 0.3) is 0 Å². The first-order valence-corrected chi connectivity index (χ1v) is 8.43. The van der Waals surface area contributed by atoms with Crippen LogP contribution in [-0.4, -0.2) is 30.6 Å². The Morgan fingerprint density at radius 3 is 2.50 bits per heavy atom. The Kier molecular flexibility index (Phi) is 5.04. The Bertz CT molecular complexity index is 1030. The van der Waals surface area contributed by atoms with E-state index in [2.05, 4.69) is 30.7 Å². The first-order valence-electron chi connectivity index (χ1n) is 8.43. The zero-order chi connectivity index (χ0) is 20.5. The molecule has 0 unspecified atom stereocenters. The zero-order valence-electron chi connectivity index (χ0n) is 15.8. The highest BCUT2D eigenvalue weighted by Crippen LogP contribution is 2.28. The molecule has 0 aromatic carbocycles. The van der Waals surface area contributed by atoms with Crippen LogP contribution in [0, 0.1) is 13.8 Å². The molecule has 10 heteroatoms. The maximum absolute atomic E-state index is 13.7. The van der Waals surface area contributed by atoms with Crippen molar-refractivity contribution in [3.8, 4) is 5.69 Å². The van der Waals surface area contributed by atoms with Crippen LogP contribution in [0.3, 0.4) is 0 Å². The third kappa shape index (κ3) is 4.45. The highest BCUT2D eigenvalue weighted by Gasteiger charge is 2.29. The van der Waals surface area contributed by atoms with Crippen LogP contribution in [0.4, 0.5) is 26.1 Å². The number of aromatic nitrogens is 5. The number of halogens is 2.